The van der Waals surface area contributed by atoms with E-state index in [0.717, 1.165) is 12.8 Å². The van der Waals surface area contributed by atoms with E-state index in [1.807, 2.05) is 19.1 Å². The maximum atomic E-state index is 12.2. The zero-order valence-electron chi connectivity index (χ0n) is 17.7. The molecular formula is C22H29N3O4. The van der Waals surface area contributed by atoms with Crippen LogP contribution in [0.25, 0.3) is 0 Å². The molecule has 7 nitrogen and oxygen atoms in total. The second-order valence-electron chi connectivity index (χ2n) is 6.25. The van der Waals surface area contributed by atoms with Gasteiger partial charge in [-0.15, -0.1) is 5.11 Å². The molecule has 2 atom stereocenters. The van der Waals surface area contributed by atoms with Crippen molar-refractivity contribution in [2.24, 2.45) is 15.2 Å². The number of ether oxygens (including phenoxy) is 2. The van der Waals surface area contributed by atoms with Crippen molar-refractivity contribution >= 4 is 17.8 Å². The fraction of sp³-hybridized carbons (Fsp3) is 0.409. The minimum Gasteiger partial charge on any atom is -0.453 e. The standard InChI is InChI=1S/C22H29N3O4/c1-7-12-18(8-2)21(26)29-17(5)20(23-6)25-24-15(3)16(4)28-22(27)19-13-10-9-11-14-19/h7-8,10,12-14,16-17H,3,9,11H2,1-2,4-6H3/b12-7-,18-8+,23-20?,25-24?. The van der Waals surface area contributed by atoms with Gasteiger partial charge in [0.05, 0.1) is 16.8 Å². The number of esters is 2. The number of rotatable bonds is 8. The lowest BCUT2D eigenvalue weighted by atomic mass is 10.1. The van der Waals surface area contributed by atoms with Crippen LogP contribution in [0.2, 0.25) is 0 Å². The summed E-state index contributed by atoms with van der Waals surface area (Å²) in [6.45, 7) is 10.7. The third kappa shape index (κ3) is 7.81. The van der Waals surface area contributed by atoms with Crippen LogP contribution < -0.4 is 0 Å². The molecule has 1 aliphatic rings. The predicted molar refractivity (Wildman–Crippen MR) is 113 cm³/mol. The van der Waals surface area contributed by atoms with Crippen molar-refractivity contribution in [1.82, 2.24) is 0 Å². The summed E-state index contributed by atoms with van der Waals surface area (Å²) in [5, 5.41) is 8.00. The van der Waals surface area contributed by atoms with Crippen LogP contribution in [0.4, 0.5) is 0 Å². The average molecular weight is 399 g/mol. The highest BCUT2D eigenvalue weighted by Gasteiger charge is 2.19. The van der Waals surface area contributed by atoms with Crippen LogP contribution >= 0.6 is 0 Å². The van der Waals surface area contributed by atoms with E-state index < -0.39 is 24.1 Å². The Balaban J connectivity index is 2.69. The minimum absolute atomic E-state index is 0.215. The first kappa shape index (κ1) is 23.9. The molecule has 0 heterocycles. The van der Waals surface area contributed by atoms with Crippen LogP contribution in [0.3, 0.4) is 0 Å². The van der Waals surface area contributed by atoms with E-state index in [1.165, 1.54) is 7.05 Å². The highest BCUT2D eigenvalue weighted by molar-refractivity contribution is 5.95. The molecule has 2 unspecified atom stereocenters. The molecule has 0 aromatic carbocycles. The van der Waals surface area contributed by atoms with Crippen molar-refractivity contribution in [3.63, 3.8) is 0 Å². The van der Waals surface area contributed by atoms with Crippen molar-refractivity contribution in [2.75, 3.05) is 7.05 Å². The summed E-state index contributed by atoms with van der Waals surface area (Å²) in [6, 6.07) is 0. The Kier molecular flexibility index (Phi) is 10.2. The molecule has 0 aromatic rings. The normalized spacial score (nSPS) is 17.2. The molecule has 0 fully saturated rings. The van der Waals surface area contributed by atoms with Gasteiger partial charge in [0.25, 0.3) is 0 Å². The van der Waals surface area contributed by atoms with Crippen molar-refractivity contribution in [2.45, 2.75) is 52.7 Å². The summed E-state index contributed by atoms with van der Waals surface area (Å²) in [7, 11) is 1.52. The molecule has 29 heavy (non-hydrogen) atoms. The van der Waals surface area contributed by atoms with Gasteiger partial charge in [0.2, 0.25) is 0 Å². The van der Waals surface area contributed by atoms with E-state index in [2.05, 4.69) is 21.8 Å². The van der Waals surface area contributed by atoms with Crippen molar-refractivity contribution in [1.29, 1.82) is 0 Å². The third-order valence-corrected chi connectivity index (χ3v) is 4.03. The summed E-state index contributed by atoms with van der Waals surface area (Å²) in [5.74, 6) is -0.699. The highest BCUT2D eigenvalue weighted by atomic mass is 16.5. The average Bonchev–Trinajstić information content (AvgIpc) is 2.72. The molecule has 7 heteroatoms. The molecule has 156 valence electrons. The van der Waals surface area contributed by atoms with Gasteiger partial charge >= 0.3 is 11.9 Å². The van der Waals surface area contributed by atoms with Crippen LogP contribution in [-0.2, 0) is 19.1 Å². The van der Waals surface area contributed by atoms with E-state index in [-0.39, 0.29) is 11.5 Å². The Labute approximate surface area is 172 Å². The van der Waals surface area contributed by atoms with Crippen LogP contribution in [0.5, 0.6) is 0 Å². The number of aliphatic imine (C=N–C) groups is 1. The Morgan fingerprint density at radius 2 is 1.86 bits per heavy atom. The summed E-state index contributed by atoms with van der Waals surface area (Å²) >= 11 is 0. The molecule has 1 aliphatic carbocycles. The van der Waals surface area contributed by atoms with Gasteiger partial charge in [-0.3, -0.25) is 4.99 Å². The molecule has 0 aliphatic heterocycles. The summed E-state index contributed by atoms with van der Waals surface area (Å²) in [6.07, 6.45) is 10.9. The number of amidine groups is 1. The Hall–Kier alpha value is -3.09. The Morgan fingerprint density at radius 1 is 1.14 bits per heavy atom. The molecule has 0 radical (unpaired) electrons. The summed E-state index contributed by atoms with van der Waals surface area (Å²) in [5.41, 5.74) is 1.20. The minimum atomic E-state index is -0.709. The smallest absolute Gasteiger partial charge is 0.338 e. The van der Waals surface area contributed by atoms with Crippen molar-refractivity contribution in [3.8, 4) is 0 Å². The molecule has 0 aromatic heterocycles. The van der Waals surface area contributed by atoms with Crippen LogP contribution in [-0.4, -0.2) is 37.0 Å². The fourth-order valence-electron chi connectivity index (χ4n) is 2.31. The number of hydrogen-bond acceptors (Lipinski definition) is 6. The lowest BCUT2D eigenvalue weighted by molar-refractivity contribution is -0.142. The van der Waals surface area contributed by atoms with Crippen LogP contribution in [0.15, 0.2) is 75.1 Å². The molecule has 0 N–H and O–H groups in total. The van der Waals surface area contributed by atoms with Crippen LogP contribution in [0.1, 0.15) is 40.5 Å². The van der Waals surface area contributed by atoms with Gasteiger partial charge in [0.1, 0.15) is 6.10 Å². The van der Waals surface area contributed by atoms with Gasteiger partial charge in [0.15, 0.2) is 11.9 Å². The maximum Gasteiger partial charge on any atom is 0.338 e. The lowest BCUT2D eigenvalue weighted by Gasteiger charge is -2.15. The number of carbonyl (C=O) groups is 2. The number of allylic oxidation sites excluding steroid dienone is 4. The monoisotopic (exact) mass is 399 g/mol. The van der Waals surface area contributed by atoms with Crippen molar-refractivity contribution in [3.05, 3.63) is 59.9 Å². The first-order valence-electron chi connectivity index (χ1n) is 9.48. The Morgan fingerprint density at radius 3 is 2.41 bits per heavy atom. The molecule has 1 rings (SSSR count). The van der Waals surface area contributed by atoms with Gasteiger partial charge in [-0.25, -0.2) is 9.59 Å². The third-order valence-electron chi connectivity index (χ3n) is 4.03. The number of azo groups is 1. The zero-order chi connectivity index (χ0) is 21.8. The lowest BCUT2D eigenvalue weighted by Crippen LogP contribution is -2.23. The first-order valence-corrected chi connectivity index (χ1v) is 9.48. The van der Waals surface area contributed by atoms with Gasteiger partial charge in [-0.05, 0) is 40.5 Å². The van der Waals surface area contributed by atoms with E-state index in [1.54, 1.807) is 45.1 Å². The van der Waals surface area contributed by atoms with Gasteiger partial charge < -0.3 is 9.47 Å². The second kappa shape index (κ2) is 12.4. The first-order chi connectivity index (χ1) is 13.8. The van der Waals surface area contributed by atoms with E-state index >= 15 is 0 Å². The molecule has 0 bridgehead atoms. The van der Waals surface area contributed by atoms with Gasteiger partial charge in [0, 0.05) is 7.05 Å². The predicted octanol–water partition coefficient (Wildman–Crippen LogP) is 4.64. The molecular weight excluding hydrogens is 370 g/mol. The summed E-state index contributed by atoms with van der Waals surface area (Å²) < 4.78 is 10.7. The fourth-order valence-corrected chi connectivity index (χ4v) is 2.31. The number of carbonyl (C=O) groups excluding carboxylic acids is 2. The highest BCUT2D eigenvalue weighted by Crippen LogP contribution is 2.15. The zero-order valence-corrected chi connectivity index (χ0v) is 17.7. The molecule has 0 saturated heterocycles. The molecule has 0 spiro atoms. The summed E-state index contributed by atoms with van der Waals surface area (Å²) in [4.78, 5) is 28.3. The SMILES string of the molecule is C=C(N=NC(=NC)C(C)OC(=O)C(/C=C\C)=C/C)C(C)OC(=O)C1=CCCC=C1. The molecule has 0 saturated carbocycles. The second-order valence-corrected chi connectivity index (χ2v) is 6.25. The van der Waals surface area contributed by atoms with Gasteiger partial charge in [-0.1, -0.05) is 43.0 Å². The van der Waals surface area contributed by atoms with Crippen LogP contribution in [0, 0.1) is 0 Å². The molecule has 0 amide bonds. The van der Waals surface area contributed by atoms with Gasteiger partial charge in [-0.2, -0.15) is 5.11 Å². The van der Waals surface area contributed by atoms with E-state index in [9.17, 15) is 9.59 Å². The van der Waals surface area contributed by atoms with E-state index in [0.29, 0.717) is 11.1 Å². The Bertz CT molecular complexity index is 801. The quantitative estimate of drug-likeness (QED) is 0.148. The maximum absolute atomic E-state index is 12.2. The number of nitrogens with zero attached hydrogens (tertiary/aromatic N) is 3. The van der Waals surface area contributed by atoms with E-state index in [4.69, 9.17) is 9.47 Å². The number of hydrogen-bond donors (Lipinski definition) is 0. The van der Waals surface area contributed by atoms with Crippen molar-refractivity contribution < 1.29 is 19.1 Å². The topological polar surface area (TPSA) is 89.7 Å². The largest absolute Gasteiger partial charge is 0.453 e.